The second-order valence-corrected chi connectivity index (χ2v) is 7.37. The Morgan fingerprint density at radius 2 is 0.800 bits per heavy atom. The molecule has 5 heteroatoms. The largest absolute Gasteiger partial charge is 0.352 e. The maximum atomic E-state index is 5.88. The predicted molar refractivity (Wildman–Crippen MR) is 108 cm³/mol. The van der Waals surface area contributed by atoms with Crippen LogP contribution in [0.25, 0.3) is 0 Å². The lowest BCUT2D eigenvalue weighted by molar-refractivity contribution is -0.131. The maximum absolute atomic E-state index is 5.88. The summed E-state index contributed by atoms with van der Waals surface area (Å²) in [5, 5.41) is 0. The van der Waals surface area contributed by atoms with Gasteiger partial charge in [0.15, 0.2) is 12.6 Å². The Balaban J connectivity index is 4.13. The van der Waals surface area contributed by atoms with Crippen molar-refractivity contribution in [3.63, 3.8) is 0 Å². The van der Waals surface area contributed by atoms with E-state index in [1.54, 1.807) is 11.8 Å². The molecule has 0 heterocycles. The van der Waals surface area contributed by atoms with Crippen LogP contribution in [0.15, 0.2) is 0 Å². The lowest BCUT2D eigenvalue weighted by Crippen LogP contribution is -2.25. The second-order valence-electron chi connectivity index (χ2n) is 6.29. The first-order chi connectivity index (χ1) is 12.3. The van der Waals surface area contributed by atoms with Gasteiger partial charge in [0.1, 0.15) is 0 Å². The summed E-state index contributed by atoms with van der Waals surface area (Å²) in [6, 6.07) is 0. The van der Waals surface area contributed by atoms with Gasteiger partial charge >= 0.3 is 0 Å². The van der Waals surface area contributed by atoms with E-state index in [-0.39, 0.29) is 12.6 Å². The summed E-state index contributed by atoms with van der Waals surface area (Å²) in [4.78, 5) is 0. The van der Waals surface area contributed by atoms with Crippen molar-refractivity contribution < 1.29 is 18.9 Å². The average molecular weight is 379 g/mol. The Hall–Kier alpha value is 0.190. The van der Waals surface area contributed by atoms with E-state index in [1.165, 1.54) is 0 Å². The van der Waals surface area contributed by atoms with Crippen molar-refractivity contribution in [2.24, 2.45) is 0 Å². The fourth-order valence-electron chi connectivity index (χ4n) is 1.99. The van der Waals surface area contributed by atoms with Gasteiger partial charge in [-0.15, -0.1) is 0 Å². The van der Waals surface area contributed by atoms with Crippen LogP contribution in [0.5, 0.6) is 0 Å². The average Bonchev–Trinajstić information content (AvgIpc) is 2.61. The molecule has 0 spiro atoms. The fourth-order valence-corrected chi connectivity index (χ4v) is 2.89. The Labute approximate surface area is 160 Å². The molecule has 0 aliphatic heterocycles. The smallest absolute Gasteiger partial charge is 0.166 e. The summed E-state index contributed by atoms with van der Waals surface area (Å²) >= 11 is 1.80. The highest BCUT2D eigenvalue weighted by Crippen LogP contribution is 2.14. The Bertz CT molecular complexity index is 210. The van der Waals surface area contributed by atoms with Crippen molar-refractivity contribution in [3.8, 4) is 0 Å². The molecule has 0 aromatic carbocycles. The molecule has 0 bridgehead atoms. The highest BCUT2D eigenvalue weighted by Gasteiger charge is 2.14. The molecule has 0 aromatic heterocycles. The Kier molecular flexibility index (Phi) is 20.7. The third-order valence-corrected chi connectivity index (χ3v) is 4.73. The molecule has 152 valence electrons. The first-order valence-corrected chi connectivity index (χ1v) is 11.5. The SMILES string of the molecule is CCCCOC(CSCC(OCCCC)OCCCC)OCCCC. The summed E-state index contributed by atoms with van der Waals surface area (Å²) in [7, 11) is 0. The van der Waals surface area contributed by atoms with Gasteiger partial charge in [-0.1, -0.05) is 53.4 Å². The number of hydrogen-bond acceptors (Lipinski definition) is 5. The number of thioether (sulfide) groups is 1. The minimum Gasteiger partial charge on any atom is -0.352 e. The molecule has 0 N–H and O–H groups in total. The number of ether oxygens (including phenoxy) is 4. The summed E-state index contributed by atoms with van der Waals surface area (Å²) in [5.74, 6) is 1.66. The van der Waals surface area contributed by atoms with E-state index in [4.69, 9.17) is 18.9 Å². The van der Waals surface area contributed by atoms with Gasteiger partial charge in [0.05, 0.1) is 0 Å². The third-order valence-electron chi connectivity index (χ3n) is 3.71. The standard InChI is InChI=1S/C20H42O4S/c1-5-9-13-21-19(22-14-10-6-2)17-25-18-20(23-15-11-7-3)24-16-12-8-4/h19-20H,5-18H2,1-4H3. The van der Waals surface area contributed by atoms with Crippen LogP contribution >= 0.6 is 11.8 Å². The molecular weight excluding hydrogens is 336 g/mol. The highest BCUT2D eigenvalue weighted by atomic mass is 32.2. The van der Waals surface area contributed by atoms with Crippen molar-refractivity contribution in [1.82, 2.24) is 0 Å². The summed E-state index contributed by atoms with van der Waals surface area (Å²) in [5.41, 5.74) is 0. The molecule has 0 aliphatic rings. The van der Waals surface area contributed by atoms with Crippen LogP contribution in [-0.2, 0) is 18.9 Å². The molecule has 0 unspecified atom stereocenters. The molecule has 0 fully saturated rings. The van der Waals surface area contributed by atoms with Gasteiger partial charge in [-0.2, -0.15) is 11.8 Å². The van der Waals surface area contributed by atoms with E-state index in [1.807, 2.05) is 0 Å². The summed E-state index contributed by atoms with van der Waals surface area (Å²) in [6.07, 6.45) is 8.69. The van der Waals surface area contributed by atoms with Crippen molar-refractivity contribution in [1.29, 1.82) is 0 Å². The van der Waals surface area contributed by atoms with E-state index in [0.29, 0.717) is 0 Å². The highest BCUT2D eigenvalue weighted by molar-refractivity contribution is 7.99. The van der Waals surface area contributed by atoms with Gasteiger partial charge in [0, 0.05) is 37.9 Å². The first-order valence-electron chi connectivity index (χ1n) is 10.3. The molecule has 0 rings (SSSR count). The van der Waals surface area contributed by atoms with Gasteiger partial charge in [-0.25, -0.2) is 0 Å². The predicted octanol–water partition coefficient (Wildman–Crippen LogP) is 5.64. The van der Waals surface area contributed by atoms with Crippen LogP contribution < -0.4 is 0 Å². The molecule has 0 atom stereocenters. The molecule has 0 aromatic rings. The quantitative estimate of drug-likeness (QED) is 0.202. The van der Waals surface area contributed by atoms with Crippen molar-refractivity contribution in [2.75, 3.05) is 37.9 Å². The minimum absolute atomic E-state index is 0.116. The molecule has 25 heavy (non-hydrogen) atoms. The molecule has 0 saturated carbocycles. The van der Waals surface area contributed by atoms with Crippen LogP contribution in [-0.4, -0.2) is 50.5 Å². The molecule has 4 nitrogen and oxygen atoms in total. The minimum atomic E-state index is -0.116. The number of unbranched alkanes of at least 4 members (excludes halogenated alkanes) is 4. The number of rotatable bonds is 20. The fraction of sp³-hybridized carbons (Fsp3) is 1.00. The lowest BCUT2D eigenvalue weighted by atomic mass is 10.3. The van der Waals surface area contributed by atoms with Crippen LogP contribution in [0.2, 0.25) is 0 Å². The van der Waals surface area contributed by atoms with Gasteiger partial charge < -0.3 is 18.9 Å². The normalized spacial score (nSPS) is 11.8. The summed E-state index contributed by atoms with van der Waals surface area (Å²) < 4.78 is 23.5. The monoisotopic (exact) mass is 378 g/mol. The Morgan fingerprint density at radius 1 is 0.520 bits per heavy atom. The zero-order valence-electron chi connectivity index (χ0n) is 17.1. The van der Waals surface area contributed by atoms with Crippen molar-refractivity contribution in [2.45, 2.75) is 91.6 Å². The van der Waals surface area contributed by atoms with Crippen LogP contribution in [0.4, 0.5) is 0 Å². The molecule has 0 amide bonds. The van der Waals surface area contributed by atoms with E-state index >= 15 is 0 Å². The van der Waals surface area contributed by atoms with Crippen LogP contribution in [0.1, 0.15) is 79.1 Å². The zero-order chi connectivity index (χ0) is 18.6. The summed E-state index contributed by atoms with van der Waals surface area (Å²) in [6.45, 7) is 11.8. The van der Waals surface area contributed by atoms with Crippen molar-refractivity contribution in [3.05, 3.63) is 0 Å². The van der Waals surface area contributed by atoms with Gasteiger partial charge in [0.25, 0.3) is 0 Å². The van der Waals surface area contributed by atoms with Crippen LogP contribution in [0, 0.1) is 0 Å². The van der Waals surface area contributed by atoms with Gasteiger partial charge in [-0.3, -0.25) is 0 Å². The van der Waals surface area contributed by atoms with E-state index < -0.39 is 0 Å². The molecule has 0 radical (unpaired) electrons. The van der Waals surface area contributed by atoms with Gasteiger partial charge in [0.2, 0.25) is 0 Å². The third kappa shape index (κ3) is 17.4. The van der Waals surface area contributed by atoms with E-state index in [9.17, 15) is 0 Å². The maximum Gasteiger partial charge on any atom is 0.166 e. The molecule has 0 saturated heterocycles. The van der Waals surface area contributed by atoms with E-state index in [0.717, 1.165) is 89.3 Å². The van der Waals surface area contributed by atoms with Crippen molar-refractivity contribution >= 4 is 11.8 Å². The van der Waals surface area contributed by atoms with E-state index in [2.05, 4.69) is 27.7 Å². The topological polar surface area (TPSA) is 36.9 Å². The lowest BCUT2D eigenvalue weighted by Gasteiger charge is -2.21. The molecular formula is C20H42O4S. The zero-order valence-corrected chi connectivity index (χ0v) is 17.9. The molecule has 0 aliphatic carbocycles. The van der Waals surface area contributed by atoms with Crippen LogP contribution in [0.3, 0.4) is 0 Å². The first kappa shape index (κ1) is 25.2. The Morgan fingerprint density at radius 3 is 1.04 bits per heavy atom. The number of hydrogen-bond donors (Lipinski definition) is 0. The second kappa shape index (κ2) is 20.5. The van der Waals surface area contributed by atoms with Gasteiger partial charge in [-0.05, 0) is 25.7 Å².